The molecule has 1 heterocycles. The minimum Gasteiger partial charge on any atom is -0.457 e. The van der Waals surface area contributed by atoms with E-state index in [0.717, 1.165) is 6.07 Å². The van der Waals surface area contributed by atoms with Crippen LogP contribution in [0.4, 0.5) is 19.0 Å². The van der Waals surface area contributed by atoms with Gasteiger partial charge in [-0.3, -0.25) is 0 Å². The number of pyridine rings is 1. The Kier molecular flexibility index (Phi) is 5.52. The number of hydrogen-bond acceptors (Lipinski definition) is 4. The van der Waals surface area contributed by atoms with Gasteiger partial charge < -0.3 is 10.5 Å². The lowest BCUT2D eigenvalue weighted by molar-refractivity contribution is -0.137. The molecular formula is C25H16F3N3O. The third-order valence-corrected chi connectivity index (χ3v) is 4.81. The average molecular weight is 431 g/mol. The Hall–Kier alpha value is -4.31. The highest BCUT2D eigenvalue weighted by Crippen LogP contribution is 2.40. The van der Waals surface area contributed by atoms with E-state index in [1.807, 2.05) is 36.4 Å². The van der Waals surface area contributed by atoms with Crippen molar-refractivity contribution in [1.29, 1.82) is 5.26 Å². The summed E-state index contributed by atoms with van der Waals surface area (Å²) in [6, 6.07) is 24.5. The predicted octanol–water partition coefficient (Wildman–Crippen LogP) is 6.68. The van der Waals surface area contributed by atoms with Crippen molar-refractivity contribution in [1.82, 2.24) is 4.98 Å². The second-order valence-corrected chi connectivity index (χ2v) is 6.91. The molecule has 4 nitrogen and oxygen atoms in total. The SMILES string of the molecule is N#Cc1c(-c2ccccc2C(F)(F)F)cc(-c2ccc(Oc3ccccc3)cc2)nc1N. The Morgan fingerprint density at radius 1 is 0.812 bits per heavy atom. The van der Waals surface area contributed by atoms with Crippen LogP contribution in [0.3, 0.4) is 0 Å². The van der Waals surface area contributed by atoms with Crippen LogP contribution in [-0.4, -0.2) is 4.98 Å². The number of hydrogen-bond donors (Lipinski definition) is 1. The molecule has 0 radical (unpaired) electrons. The van der Waals surface area contributed by atoms with Crippen LogP contribution in [0, 0.1) is 11.3 Å². The number of nitrogens with two attached hydrogens (primary N) is 1. The summed E-state index contributed by atoms with van der Waals surface area (Å²) < 4.78 is 46.5. The largest absolute Gasteiger partial charge is 0.457 e. The van der Waals surface area contributed by atoms with Crippen LogP contribution in [0.5, 0.6) is 11.5 Å². The van der Waals surface area contributed by atoms with Crippen LogP contribution in [-0.2, 0) is 6.18 Å². The standard InChI is InChI=1S/C25H16F3N3O/c26-25(27,28)22-9-5-4-8-19(22)20-14-23(31-24(30)21(20)15-29)16-10-12-18(13-11-16)32-17-6-2-1-3-7-17/h1-14H,(H2,30,31). The zero-order chi connectivity index (χ0) is 22.7. The number of nitriles is 1. The van der Waals surface area contributed by atoms with Crippen LogP contribution < -0.4 is 10.5 Å². The van der Waals surface area contributed by atoms with Gasteiger partial charge in [-0.1, -0.05) is 36.4 Å². The fourth-order valence-electron chi connectivity index (χ4n) is 3.33. The molecule has 4 aromatic rings. The number of ether oxygens (including phenoxy) is 1. The Labute approximate surface area is 182 Å². The van der Waals surface area contributed by atoms with E-state index < -0.39 is 11.7 Å². The summed E-state index contributed by atoms with van der Waals surface area (Å²) >= 11 is 0. The summed E-state index contributed by atoms with van der Waals surface area (Å²) in [7, 11) is 0. The molecule has 158 valence electrons. The maximum absolute atomic E-state index is 13.6. The van der Waals surface area contributed by atoms with Gasteiger partial charge in [-0.2, -0.15) is 18.4 Å². The molecule has 0 saturated heterocycles. The van der Waals surface area contributed by atoms with Gasteiger partial charge in [0.15, 0.2) is 0 Å². The number of alkyl halides is 3. The van der Waals surface area contributed by atoms with Gasteiger partial charge >= 0.3 is 6.18 Å². The Morgan fingerprint density at radius 2 is 1.44 bits per heavy atom. The van der Waals surface area contributed by atoms with E-state index in [0.29, 0.717) is 22.8 Å². The molecule has 2 N–H and O–H groups in total. The summed E-state index contributed by atoms with van der Waals surface area (Å²) in [6.45, 7) is 0. The minimum atomic E-state index is -4.59. The Morgan fingerprint density at radius 3 is 2.09 bits per heavy atom. The van der Waals surface area contributed by atoms with Gasteiger partial charge in [0, 0.05) is 11.1 Å². The number of para-hydroxylation sites is 1. The number of nitrogens with zero attached hydrogens (tertiary/aromatic N) is 2. The summed E-state index contributed by atoms with van der Waals surface area (Å²) in [6.07, 6.45) is -4.59. The number of benzene rings is 3. The molecule has 1 aromatic heterocycles. The monoisotopic (exact) mass is 431 g/mol. The summed E-state index contributed by atoms with van der Waals surface area (Å²) in [5, 5.41) is 9.52. The predicted molar refractivity (Wildman–Crippen MR) is 116 cm³/mol. The summed E-state index contributed by atoms with van der Waals surface area (Å²) in [5.41, 5.74) is 5.92. The van der Waals surface area contributed by atoms with Gasteiger partial charge in [-0.15, -0.1) is 0 Å². The van der Waals surface area contributed by atoms with Gasteiger partial charge in [0.2, 0.25) is 0 Å². The van der Waals surface area contributed by atoms with Crippen molar-refractivity contribution in [3.8, 4) is 40.0 Å². The fourth-order valence-corrected chi connectivity index (χ4v) is 3.33. The molecule has 7 heteroatoms. The van der Waals surface area contributed by atoms with Gasteiger partial charge in [-0.25, -0.2) is 4.98 Å². The van der Waals surface area contributed by atoms with Gasteiger partial charge in [0.25, 0.3) is 0 Å². The summed E-state index contributed by atoms with van der Waals surface area (Å²) in [4.78, 5) is 4.24. The van der Waals surface area contributed by atoms with E-state index in [1.165, 1.54) is 24.3 Å². The lowest BCUT2D eigenvalue weighted by Gasteiger charge is -2.15. The smallest absolute Gasteiger partial charge is 0.417 e. The lowest BCUT2D eigenvalue weighted by Crippen LogP contribution is -2.08. The van der Waals surface area contributed by atoms with Crippen molar-refractivity contribution in [3.63, 3.8) is 0 Å². The van der Waals surface area contributed by atoms with E-state index in [2.05, 4.69) is 4.98 Å². The molecule has 0 aliphatic carbocycles. The highest BCUT2D eigenvalue weighted by Gasteiger charge is 2.34. The number of aromatic nitrogens is 1. The molecular weight excluding hydrogens is 415 g/mol. The number of anilines is 1. The van der Waals surface area contributed by atoms with Gasteiger partial charge in [0.1, 0.15) is 28.9 Å². The molecule has 0 fully saturated rings. The average Bonchev–Trinajstić information content (AvgIpc) is 2.79. The molecule has 32 heavy (non-hydrogen) atoms. The molecule has 0 spiro atoms. The first-order valence-corrected chi connectivity index (χ1v) is 9.57. The first-order valence-electron chi connectivity index (χ1n) is 9.57. The van der Waals surface area contributed by atoms with Crippen LogP contribution in [0.25, 0.3) is 22.4 Å². The minimum absolute atomic E-state index is 0.0764. The maximum atomic E-state index is 13.6. The van der Waals surface area contributed by atoms with Crippen LogP contribution >= 0.6 is 0 Å². The fraction of sp³-hybridized carbons (Fsp3) is 0.0400. The molecule has 0 unspecified atom stereocenters. The topological polar surface area (TPSA) is 71.9 Å². The van der Waals surface area contributed by atoms with Crippen molar-refractivity contribution >= 4 is 5.82 Å². The van der Waals surface area contributed by atoms with E-state index in [9.17, 15) is 18.4 Å². The van der Waals surface area contributed by atoms with Gasteiger partial charge in [-0.05, 0) is 54.1 Å². The van der Waals surface area contributed by atoms with Crippen LogP contribution in [0.15, 0.2) is 84.9 Å². The van der Waals surface area contributed by atoms with E-state index in [4.69, 9.17) is 10.5 Å². The first-order chi connectivity index (χ1) is 15.4. The third-order valence-electron chi connectivity index (χ3n) is 4.81. The number of nitrogen functional groups attached to an aromatic ring is 1. The zero-order valence-corrected chi connectivity index (χ0v) is 16.6. The molecule has 0 aliphatic heterocycles. The van der Waals surface area contributed by atoms with E-state index in [-0.39, 0.29) is 22.5 Å². The van der Waals surface area contributed by atoms with Crippen LogP contribution in [0.1, 0.15) is 11.1 Å². The maximum Gasteiger partial charge on any atom is 0.417 e. The Balaban J connectivity index is 1.76. The molecule has 4 rings (SSSR count). The van der Waals surface area contributed by atoms with Gasteiger partial charge in [0.05, 0.1) is 11.3 Å². The first kappa shape index (κ1) is 20.9. The highest BCUT2D eigenvalue weighted by molar-refractivity contribution is 5.82. The quantitative estimate of drug-likeness (QED) is 0.391. The highest BCUT2D eigenvalue weighted by atomic mass is 19.4. The number of halogens is 3. The normalized spacial score (nSPS) is 11.1. The Bertz CT molecular complexity index is 1300. The van der Waals surface area contributed by atoms with Crippen molar-refractivity contribution in [3.05, 3.63) is 96.1 Å². The molecule has 0 atom stereocenters. The van der Waals surface area contributed by atoms with E-state index >= 15 is 0 Å². The molecule has 0 aliphatic rings. The van der Waals surface area contributed by atoms with Crippen molar-refractivity contribution in [2.75, 3.05) is 5.73 Å². The van der Waals surface area contributed by atoms with Crippen LogP contribution in [0.2, 0.25) is 0 Å². The second-order valence-electron chi connectivity index (χ2n) is 6.91. The van der Waals surface area contributed by atoms with Crippen molar-refractivity contribution < 1.29 is 17.9 Å². The molecule has 0 bridgehead atoms. The molecule has 0 amide bonds. The second kappa shape index (κ2) is 8.44. The zero-order valence-electron chi connectivity index (χ0n) is 16.6. The van der Waals surface area contributed by atoms with Crippen molar-refractivity contribution in [2.24, 2.45) is 0 Å². The molecule has 3 aromatic carbocycles. The summed E-state index contributed by atoms with van der Waals surface area (Å²) in [5.74, 6) is 1.12. The van der Waals surface area contributed by atoms with E-state index in [1.54, 1.807) is 24.3 Å². The molecule has 0 saturated carbocycles. The number of rotatable bonds is 4. The lowest BCUT2D eigenvalue weighted by atomic mass is 9.94. The van der Waals surface area contributed by atoms with Crippen molar-refractivity contribution in [2.45, 2.75) is 6.18 Å². The third kappa shape index (κ3) is 4.25.